The van der Waals surface area contributed by atoms with Gasteiger partial charge in [-0.25, -0.2) is 4.68 Å². The van der Waals surface area contributed by atoms with E-state index in [9.17, 15) is 4.79 Å². The second-order valence-electron chi connectivity index (χ2n) is 3.83. The summed E-state index contributed by atoms with van der Waals surface area (Å²) < 4.78 is 1.82. The van der Waals surface area contributed by atoms with Gasteiger partial charge in [-0.15, -0.1) is 5.10 Å². The number of carbonyl (C=O) groups excluding carboxylic acids is 1. The predicted octanol–water partition coefficient (Wildman–Crippen LogP) is 0.277. The van der Waals surface area contributed by atoms with Gasteiger partial charge in [0.1, 0.15) is 5.78 Å². The molecule has 1 fully saturated rings. The molecule has 2 N–H and O–H groups in total. The Morgan fingerprint density at radius 3 is 2.93 bits per heavy atom. The zero-order valence-electron chi connectivity index (χ0n) is 8.18. The lowest BCUT2D eigenvalue weighted by molar-refractivity contribution is -0.124. The molecule has 0 aliphatic heterocycles. The second kappa shape index (κ2) is 3.49. The highest BCUT2D eigenvalue weighted by Gasteiger charge is 2.34. The van der Waals surface area contributed by atoms with Crippen LogP contribution in [-0.4, -0.2) is 20.8 Å². The van der Waals surface area contributed by atoms with Crippen molar-refractivity contribution < 1.29 is 4.79 Å². The van der Waals surface area contributed by atoms with Crippen molar-refractivity contribution in [3.05, 3.63) is 11.9 Å². The lowest BCUT2D eigenvalue weighted by atomic mass is 9.78. The molecule has 5 heteroatoms. The summed E-state index contributed by atoms with van der Waals surface area (Å²) in [4.78, 5) is 11.0. The highest BCUT2D eigenvalue weighted by molar-refractivity contribution is 5.79. The smallest absolute Gasteiger partial charge is 0.133 e. The molecule has 2 rings (SSSR count). The molecule has 0 bridgehead atoms. The topological polar surface area (TPSA) is 73.8 Å². The normalized spacial score (nSPS) is 25.9. The zero-order valence-corrected chi connectivity index (χ0v) is 8.18. The van der Waals surface area contributed by atoms with Gasteiger partial charge < -0.3 is 5.73 Å². The van der Waals surface area contributed by atoms with Crippen LogP contribution >= 0.6 is 0 Å². The first kappa shape index (κ1) is 9.33. The van der Waals surface area contributed by atoms with E-state index in [2.05, 4.69) is 10.3 Å². The van der Waals surface area contributed by atoms with Gasteiger partial charge >= 0.3 is 0 Å². The molecule has 0 saturated heterocycles. The van der Waals surface area contributed by atoms with Crippen LogP contribution in [-0.2, 0) is 11.3 Å². The maximum absolute atomic E-state index is 11.0. The van der Waals surface area contributed by atoms with E-state index in [1.165, 1.54) is 0 Å². The fourth-order valence-electron chi connectivity index (χ4n) is 1.72. The first-order valence-electron chi connectivity index (χ1n) is 4.82. The van der Waals surface area contributed by atoms with E-state index in [1.54, 1.807) is 6.92 Å². The van der Waals surface area contributed by atoms with E-state index in [4.69, 9.17) is 5.73 Å². The molecular weight excluding hydrogens is 180 g/mol. The Morgan fingerprint density at radius 1 is 1.71 bits per heavy atom. The van der Waals surface area contributed by atoms with Crippen LogP contribution in [0.3, 0.4) is 0 Å². The lowest BCUT2D eigenvalue weighted by Crippen LogP contribution is -2.31. The third-order valence-electron chi connectivity index (χ3n) is 2.83. The molecule has 1 heterocycles. The Balaban J connectivity index is 1.96. The highest BCUT2D eigenvalue weighted by atomic mass is 16.1. The molecule has 76 valence electrons. The van der Waals surface area contributed by atoms with Crippen molar-refractivity contribution in [1.29, 1.82) is 0 Å². The summed E-state index contributed by atoms with van der Waals surface area (Å²) >= 11 is 0. The molecule has 14 heavy (non-hydrogen) atoms. The zero-order chi connectivity index (χ0) is 10.1. The van der Waals surface area contributed by atoms with Crippen LogP contribution < -0.4 is 5.73 Å². The number of Topliss-reactive ketones (excluding diaryl/α,β-unsaturated/α-hetero) is 1. The van der Waals surface area contributed by atoms with Crippen LogP contribution in [0.2, 0.25) is 0 Å². The van der Waals surface area contributed by atoms with Gasteiger partial charge in [0.05, 0.1) is 17.9 Å². The van der Waals surface area contributed by atoms with Gasteiger partial charge in [0, 0.05) is 12.5 Å². The molecule has 5 nitrogen and oxygen atoms in total. The van der Waals surface area contributed by atoms with E-state index < -0.39 is 0 Å². The van der Waals surface area contributed by atoms with Crippen LogP contribution in [0.25, 0.3) is 0 Å². The van der Waals surface area contributed by atoms with Gasteiger partial charge in [-0.3, -0.25) is 4.79 Å². The lowest BCUT2D eigenvalue weighted by Gasteiger charge is -2.33. The molecule has 0 aromatic carbocycles. The first-order valence-corrected chi connectivity index (χ1v) is 4.82. The van der Waals surface area contributed by atoms with Crippen molar-refractivity contribution in [3.8, 4) is 0 Å². The summed E-state index contributed by atoms with van der Waals surface area (Å²) in [6, 6.07) is 0.344. The molecule has 0 spiro atoms. The summed E-state index contributed by atoms with van der Waals surface area (Å²) in [6.07, 6.45) is 3.65. The Kier molecular flexibility index (Phi) is 2.33. The average molecular weight is 194 g/mol. The minimum atomic E-state index is 0.227. The second-order valence-corrected chi connectivity index (χ2v) is 3.83. The standard InChI is InChI=1S/C9H14N4O/c1-6(14)7-2-9(3-7)13-5-8(4-10)11-12-13/h5,7,9H,2-4,10H2,1H3. The van der Waals surface area contributed by atoms with Crippen molar-refractivity contribution in [2.75, 3.05) is 0 Å². The Labute approximate surface area is 82.3 Å². The number of hydrogen-bond donors (Lipinski definition) is 1. The molecule has 0 unspecified atom stereocenters. The quantitative estimate of drug-likeness (QED) is 0.749. The summed E-state index contributed by atoms with van der Waals surface area (Å²) in [5.74, 6) is 0.506. The molecule has 0 amide bonds. The maximum atomic E-state index is 11.0. The summed E-state index contributed by atoms with van der Waals surface area (Å²) in [5.41, 5.74) is 6.23. The van der Waals surface area contributed by atoms with Crippen LogP contribution in [0, 0.1) is 5.92 Å². The first-order chi connectivity index (χ1) is 6.70. The molecule has 1 aliphatic rings. The summed E-state index contributed by atoms with van der Waals surface area (Å²) in [6.45, 7) is 2.07. The number of ketones is 1. The van der Waals surface area contributed by atoms with Gasteiger partial charge in [0.15, 0.2) is 0 Å². The van der Waals surface area contributed by atoms with E-state index in [1.807, 2.05) is 10.9 Å². The van der Waals surface area contributed by atoms with Crippen molar-refractivity contribution in [1.82, 2.24) is 15.0 Å². The molecule has 1 aromatic heterocycles. The number of hydrogen-bond acceptors (Lipinski definition) is 4. The van der Waals surface area contributed by atoms with Gasteiger partial charge in [-0.05, 0) is 19.8 Å². The minimum Gasteiger partial charge on any atom is -0.325 e. The number of carbonyl (C=O) groups is 1. The Hall–Kier alpha value is -1.23. The number of nitrogens with two attached hydrogens (primary N) is 1. The van der Waals surface area contributed by atoms with E-state index in [0.29, 0.717) is 12.6 Å². The molecule has 1 aliphatic carbocycles. The minimum absolute atomic E-state index is 0.227. The van der Waals surface area contributed by atoms with Crippen LogP contribution in [0.4, 0.5) is 0 Å². The Morgan fingerprint density at radius 2 is 2.43 bits per heavy atom. The third-order valence-corrected chi connectivity index (χ3v) is 2.83. The number of rotatable bonds is 3. The van der Waals surface area contributed by atoms with Gasteiger partial charge in [0.25, 0.3) is 0 Å². The molecular formula is C9H14N4O. The summed E-state index contributed by atoms with van der Waals surface area (Å²) in [7, 11) is 0. The Bertz CT molecular complexity index is 340. The monoisotopic (exact) mass is 194 g/mol. The SMILES string of the molecule is CC(=O)C1CC(n2cc(CN)nn2)C1. The average Bonchev–Trinajstić information content (AvgIpc) is 2.49. The van der Waals surface area contributed by atoms with E-state index in [-0.39, 0.29) is 11.7 Å². The largest absolute Gasteiger partial charge is 0.325 e. The molecule has 0 radical (unpaired) electrons. The molecule has 0 atom stereocenters. The molecule has 1 saturated carbocycles. The summed E-state index contributed by atoms with van der Waals surface area (Å²) in [5, 5.41) is 7.89. The van der Waals surface area contributed by atoms with Crippen molar-refractivity contribution in [2.45, 2.75) is 32.4 Å². The fraction of sp³-hybridized carbons (Fsp3) is 0.667. The van der Waals surface area contributed by atoms with E-state index >= 15 is 0 Å². The maximum Gasteiger partial charge on any atom is 0.133 e. The number of aromatic nitrogens is 3. The van der Waals surface area contributed by atoms with Crippen LogP contribution in [0.5, 0.6) is 0 Å². The van der Waals surface area contributed by atoms with Crippen LogP contribution in [0.15, 0.2) is 6.20 Å². The van der Waals surface area contributed by atoms with Gasteiger partial charge in [-0.1, -0.05) is 5.21 Å². The van der Waals surface area contributed by atoms with Gasteiger partial charge in [0.2, 0.25) is 0 Å². The predicted molar refractivity (Wildman–Crippen MR) is 50.4 cm³/mol. The van der Waals surface area contributed by atoms with Crippen molar-refractivity contribution in [3.63, 3.8) is 0 Å². The fourth-order valence-corrected chi connectivity index (χ4v) is 1.72. The number of nitrogens with zero attached hydrogens (tertiary/aromatic N) is 3. The third kappa shape index (κ3) is 1.55. The van der Waals surface area contributed by atoms with Crippen molar-refractivity contribution in [2.24, 2.45) is 11.7 Å². The van der Waals surface area contributed by atoms with Crippen molar-refractivity contribution >= 4 is 5.78 Å². The van der Waals surface area contributed by atoms with Gasteiger partial charge in [-0.2, -0.15) is 0 Å². The highest BCUT2D eigenvalue weighted by Crippen LogP contribution is 2.37. The van der Waals surface area contributed by atoms with Crippen LogP contribution in [0.1, 0.15) is 31.5 Å². The molecule has 1 aromatic rings. The van der Waals surface area contributed by atoms with E-state index in [0.717, 1.165) is 18.5 Å².